The number of benzene rings is 1. The first-order valence-electron chi connectivity index (χ1n) is 6.65. The number of phenolic OH excluding ortho intramolecular Hbond substituents is 1. The van der Waals surface area contributed by atoms with Crippen LogP contribution in [0.2, 0.25) is 0 Å². The van der Waals surface area contributed by atoms with Crippen molar-refractivity contribution < 1.29 is 13.5 Å². The molecule has 0 saturated heterocycles. The highest BCUT2D eigenvalue weighted by Crippen LogP contribution is 2.20. The topological polar surface area (TPSA) is 70.5 Å². The van der Waals surface area contributed by atoms with Crippen molar-refractivity contribution in [1.82, 2.24) is 9.29 Å². The summed E-state index contributed by atoms with van der Waals surface area (Å²) >= 11 is 0. The van der Waals surface area contributed by atoms with Gasteiger partial charge >= 0.3 is 0 Å². The molecule has 0 aliphatic heterocycles. The quantitative estimate of drug-likeness (QED) is 0.920. The van der Waals surface area contributed by atoms with E-state index in [2.05, 4.69) is 4.98 Å². The van der Waals surface area contributed by atoms with Crippen molar-refractivity contribution in [2.24, 2.45) is 0 Å². The molecule has 1 heterocycles. The molecule has 0 aliphatic rings. The van der Waals surface area contributed by atoms with Crippen LogP contribution in [0.15, 0.2) is 47.4 Å². The summed E-state index contributed by atoms with van der Waals surface area (Å²) < 4.78 is 26.5. The minimum atomic E-state index is -3.60. The second-order valence-electron chi connectivity index (χ2n) is 4.70. The number of phenols is 1. The molecule has 112 valence electrons. The predicted molar refractivity (Wildman–Crippen MR) is 80.4 cm³/mol. The zero-order chi connectivity index (χ0) is 15.5. The highest BCUT2D eigenvalue weighted by Gasteiger charge is 2.23. The van der Waals surface area contributed by atoms with Crippen LogP contribution < -0.4 is 0 Å². The van der Waals surface area contributed by atoms with Crippen molar-refractivity contribution in [3.8, 4) is 5.75 Å². The van der Waals surface area contributed by atoms with Gasteiger partial charge < -0.3 is 5.11 Å². The van der Waals surface area contributed by atoms with Crippen LogP contribution in [-0.4, -0.2) is 29.4 Å². The SMILES string of the molecule is CCN(Cc1cccc(C)n1)S(=O)(=O)c1ccc(O)cc1. The Kier molecular flexibility index (Phi) is 4.59. The fraction of sp³-hybridized carbons (Fsp3) is 0.267. The lowest BCUT2D eigenvalue weighted by molar-refractivity contribution is 0.418. The van der Waals surface area contributed by atoms with E-state index in [1.54, 1.807) is 6.92 Å². The van der Waals surface area contributed by atoms with E-state index in [1.165, 1.54) is 28.6 Å². The highest BCUT2D eigenvalue weighted by atomic mass is 32.2. The van der Waals surface area contributed by atoms with E-state index in [9.17, 15) is 13.5 Å². The highest BCUT2D eigenvalue weighted by molar-refractivity contribution is 7.89. The third kappa shape index (κ3) is 3.59. The molecule has 5 nitrogen and oxygen atoms in total. The minimum absolute atomic E-state index is 0.0392. The van der Waals surface area contributed by atoms with Gasteiger partial charge in [-0.1, -0.05) is 13.0 Å². The van der Waals surface area contributed by atoms with Gasteiger partial charge in [0, 0.05) is 12.2 Å². The molecular weight excluding hydrogens is 288 g/mol. The number of aromatic nitrogens is 1. The lowest BCUT2D eigenvalue weighted by atomic mass is 10.3. The lowest BCUT2D eigenvalue weighted by Gasteiger charge is -2.20. The summed E-state index contributed by atoms with van der Waals surface area (Å²) in [5, 5.41) is 9.27. The van der Waals surface area contributed by atoms with E-state index < -0.39 is 10.0 Å². The Balaban J connectivity index is 2.29. The Morgan fingerprint density at radius 2 is 1.81 bits per heavy atom. The third-order valence-corrected chi connectivity index (χ3v) is 5.05. The Morgan fingerprint density at radius 3 is 2.38 bits per heavy atom. The molecule has 0 saturated carbocycles. The molecule has 2 aromatic rings. The van der Waals surface area contributed by atoms with Crippen molar-refractivity contribution in [3.63, 3.8) is 0 Å². The van der Waals surface area contributed by atoms with E-state index in [0.29, 0.717) is 12.2 Å². The summed E-state index contributed by atoms with van der Waals surface area (Å²) in [4.78, 5) is 4.50. The summed E-state index contributed by atoms with van der Waals surface area (Å²) in [5.74, 6) is 0.0392. The summed E-state index contributed by atoms with van der Waals surface area (Å²) in [5.41, 5.74) is 1.56. The van der Waals surface area contributed by atoms with Gasteiger partial charge in [0.05, 0.1) is 17.1 Å². The second-order valence-corrected chi connectivity index (χ2v) is 6.63. The van der Waals surface area contributed by atoms with Crippen LogP contribution in [0.25, 0.3) is 0 Å². The Bertz CT molecular complexity index is 712. The molecule has 1 aromatic heterocycles. The summed E-state index contributed by atoms with van der Waals surface area (Å²) in [6.07, 6.45) is 0. The van der Waals surface area contributed by atoms with Crippen LogP contribution in [-0.2, 0) is 16.6 Å². The zero-order valence-electron chi connectivity index (χ0n) is 12.0. The van der Waals surface area contributed by atoms with Crippen LogP contribution in [0, 0.1) is 6.92 Å². The maximum atomic E-state index is 12.6. The van der Waals surface area contributed by atoms with Gasteiger partial charge in [0.2, 0.25) is 10.0 Å². The summed E-state index contributed by atoms with van der Waals surface area (Å²) in [6, 6.07) is 11.1. The van der Waals surface area contributed by atoms with Gasteiger partial charge in [0.15, 0.2) is 0 Å². The largest absolute Gasteiger partial charge is 0.508 e. The van der Waals surface area contributed by atoms with E-state index in [-0.39, 0.29) is 17.2 Å². The second kappa shape index (κ2) is 6.24. The van der Waals surface area contributed by atoms with Gasteiger partial charge in [-0.15, -0.1) is 0 Å². The van der Waals surface area contributed by atoms with Crippen LogP contribution in [0.5, 0.6) is 5.75 Å². The monoisotopic (exact) mass is 306 g/mol. The van der Waals surface area contributed by atoms with Crippen LogP contribution >= 0.6 is 0 Å². The predicted octanol–water partition coefficient (Wildman–Crippen LogP) is 2.31. The van der Waals surface area contributed by atoms with Crippen LogP contribution in [0.1, 0.15) is 18.3 Å². The lowest BCUT2D eigenvalue weighted by Crippen LogP contribution is -2.30. The number of aryl methyl sites for hydroxylation is 1. The van der Waals surface area contributed by atoms with E-state index >= 15 is 0 Å². The molecule has 0 atom stereocenters. The molecule has 0 fully saturated rings. The van der Waals surface area contributed by atoms with E-state index in [0.717, 1.165) is 5.69 Å². The molecule has 0 spiro atoms. The number of rotatable bonds is 5. The van der Waals surface area contributed by atoms with Crippen LogP contribution in [0.3, 0.4) is 0 Å². The fourth-order valence-electron chi connectivity index (χ4n) is 2.00. The molecule has 2 rings (SSSR count). The van der Waals surface area contributed by atoms with Gasteiger partial charge in [-0.2, -0.15) is 4.31 Å². The number of hydrogen-bond donors (Lipinski definition) is 1. The summed E-state index contributed by atoms with van der Waals surface area (Å²) in [7, 11) is -3.60. The molecule has 1 N–H and O–H groups in total. The average molecular weight is 306 g/mol. The van der Waals surface area contributed by atoms with E-state index in [4.69, 9.17) is 0 Å². The van der Waals surface area contributed by atoms with Gasteiger partial charge in [-0.25, -0.2) is 8.42 Å². The minimum Gasteiger partial charge on any atom is -0.508 e. The smallest absolute Gasteiger partial charge is 0.243 e. The molecule has 0 unspecified atom stereocenters. The molecular formula is C15H18N2O3S. The zero-order valence-corrected chi connectivity index (χ0v) is 12.8. The fourth-order valence-corrected chi connectivity index (χ4v) is 3.42. The first kappa shape index (κ1) is 15.5. The molecule has 0 radical (unpaired) electrons. The number of sulfonamides is 1. The molecule has 0 aliphatic carbocycles. The number of aromatic hydroxyl groups is 1. The van der Waals surface area contributed by atoms with Crippen molar-refractivity contribution in [2.45, 2.75) is 25.3 Å². The molecule has 0 amide bonds. The standard InChI is InChI=1S/C15H18N2O3S/c1-3-17(11-13-6-4-5-12(2)16-13)21(19,20)15-9-7-14(18)8-10-15/h4-10,18H,3,11H2,1-2H3. The maximum Gasteiger partial charge on any atom is 0.243 e. The van der Waals surface area contributed by atoms with Crippen molar-refractivity contribution in [2.75, 3.05) is 6.54 Å². The molecule has 0 bridgehead atoms. The first-order chi connectivity index (χ1) is 9.93. The Labute approximate surface area is 124 Å². The molecule has 1 aromatic carbocycles. The summed E-state index contributed by atoms with van der Waals surface area (Å²) in [6.45, 7) is 4.22. The third-order valence-electron chi connectivity index (χ3n) is 3.11. The maximum absolute atomic E-state index is 12.6. The van der Waals surface area contributed by atoms with Gasteiger partial charge in [-0.05, 0) is 43.3 Å². The molecule has 21 heavy (non-hydrogen) atoms. The van der Waals surface area contributed by atoms with Crippen molar-refractivity contribution in [3.05, 3.63) is 53.9 Å². The molecule has 6 heteroatoms. The van der Waals surface area contributed by atoms with Crippen LogP contribution in [0.4, 0.5) is 0 Å². The van der Waals surface area contributed by atoms with Crippen molar-refractivity contribution in [1.29, 1.82) is 0 Å². The van der Waals surface area contributed by atoms with Gasteiger partial charge in [0.25, 0.3) is 0 Å². The number of hydrogen-bond acceptors (Lipinski definition) is 4. The first-order valence-corrected chi connectivity index (χ1v) is 8.09. The average Bonchev–Trinajstić information content (AvgIpc) is 2.45. The Hall–Kier alpha value is -1.92. The van der Waals surface area contributed by atoms with Crippen molar-refractivity contribution >= 4 is 10.0 Å². The number of pyridine rings is 1. The Morgan fingerprint density at radius 1 is 1.14 bits per heavy atom. The van der Waals surface area contributed by atoms with E-state index in [1.807, 2.05) is 25.1 Å². The van der Waals surface area contributed by atoms with Gasteiger partial charge in [0.1, 0.15) is 5.75 Å². The number of nitrogens with zero attached hydrogens (tertiary/aromatic N) is 2. The van der Waals surface area contributed by atoms with Gasteiger partial charge in [-0.3, -0.25) is 4.98 Å². The normalized spacial score (nSPS) is 11.8.